The Morgan fingerprint density at radius 3 is 3.05 bits per heavy atom. The molecule has 0 bridgehead atoms. The van der Waals surface area contributed by atoms with Crippen LogP contribution in [0.5, 0.6) is 0 Å². The normalized spacial score (nSPS) is 20.0. The standard InChI is InChI=1S/C16H20ClN3O/c1-19-9-3-2-5-12(19)8-10-20-11-18-15-13(16(20)21)6-4-7-14(15)17/h4,6-7,11-12H,2-3,5,8-10H2,1H3/t12-/m0/s1. The smallest absolute Gasteiger partial charge is 0.261 e. The molecule has 1 aromatic heterocycles. The number of fused-ring (bicyclic) bond motifs is 1. The Morgan fingerprint density at radius 2 is 2.24 bits per heavy atom. The quantitative estimate of drug-likeness (QED) is 0.875. The third kappa shape index (κ3) is 2.97. The van der Waals surface area contributed by atoms with E-state index in [4.69, 9.17) is 11.6 Å². The van der Waals surface area contributed by atoms with Crippen LogP contribution >= 0.6 is 11.6 Å². The summed E-state index contributed by atoms with van der Waals surface area (Å²) in [5.41, 5.74) is 0.594. The van der Waals surface area contributed by atoms with E-state index >= 15 is 0 Å². The number of para-hydroxylation sites is 1. The van der Waals surface area contributed by atoms with E-state index in [1.165, 1.54) is 19.3 Å². The number of hydrogen-bond acceptors (Lipinski definition) is 3. The monoisotopic (exact) mass is 305 g/mol. The van der Waals surface area contributed by atoms with Crippen molar-refractivity contribution in [3.05, 3.63) is 39.9 Å². The van der Waals surface area contributed by atoms with Gasteiger partial charge in [-0.2, -0.15) is 0 Å². The number of likely N-dealkylation sites (tertiary alicyclic amines) is 1. The largest absolute Gasteiger partial charge is 0.303 e. The van der Waals surface area contributed by atoms with E-state index in [0.717, 1.165) is 13.0 Å². The number of aryl methyl sites for hydroxylation is 1. The lowest BCUT2D eigenvalue weighted by atomic mass is 10.0. The minimum atomic E-state index is 0.000891. The molecule has 1 aromatic carbocycles. The first-order valence-corrected chi connectivity index (χ1v) is 7.88. The summed E-state index contributed by atoms with van der Waals surface area (Å²) in [4.78, 5) is 19.2. The number of halogens is 1. The molecule has 112 valence electrons. The number of benzene rings is 1. The van der Waals surface area contributed by atoms with E-state index in [1.807, 2.05) is 0 Å². The van der Waals surface area contributed by atoms with E-state index < -0.39 is 0 Å². The highest BCUT2D eigenvalue weighted by Crippen LogP contribution is 2.19. The highest BCUT2D eigenvalue weighted by Gasteiger charge is 2.18. The first kappa shape index (κ1) is 14.5. The Kier molecular flexibility index (Phi) is 4.27. The molecule has 0 unspecified atom stereocenters. The lowest BCUT2D eigenvalue weighted by Crippen LogP contribution is -2.37. The van der Waals surface area contributed by atoms with Crippen molar-refractivity contribution >= 4 is 22.5 Å². The molecule has 0 amide bonds. The molecule has 4 nitrogen and oxygen atoms in total. The maximum Gasteiger partial charge on any atom is 0.261 e. The second-order valence-corrected chi connectivity index (χ2v) is 6.21. The molecule has 0 saturated carbocycles. The summed E-state index contributed by atoms with van der Waals surface area (Å²) in [5.74, 6) is 0. The van der Waals surface area contributed by atoms with Crippen molar-refractivity contribution in [2.24, 2.45) is 0 Å². The van der Waals surface area contributed by atoms with Crippen molar-refractivity contribution in [1.82, 2.24) is 14.5 Å². The molecule has 1 saturated heterocycles. The van der Waals surface area contributed by atoms with Crippen LogP contribution < -0.4 is 5.56 Å². The molecular formula is C16H20ClN3O. The minimum Gasteiger partial charge on any atom is -0.303 e. The predicted octanol–water partition coefficient (Wildman–Crippen LogP) is 2.92. The van der Waals surface area contributed by atoms with Crippen LogP contribution in [0.25, 0.3) is 10.9 Å². The average Bonchev–Trinajstić information content (AvgIpc) is 2.49. The first-order chi connectivity index (χ1) is 10.2. The van der Waals surface area contributed by atoms with Crippen molar-refractivity contribution in [3.63, 3.8) is 0 Å². The SMILES string of the molecule is CN1CCCC[C@H]1CCn1cnc2c(Cl)cccc2c1=O. The molecule has 21 heavy (non-hydrogen) atoms. The molecule has 2 heterocycles. The zero-order valence-electron chi connectivity index (χ0n) is 12.3. The second kappa shape index (κ2) is 6.16. The van der Waals surface area contributed by atoms with Crippen LogP contribution in [0.3, 0.4) is 0 Å². The molecule has 0 radical (unpaired) electrons. The van der Waals surface area contributed by atoms with E-state index in [9.17, 15) is 4.79 Å². The summed E-state index contributed by atoms with van der Waals surface area (Å²) >= 11 is 6.08. The Labute approximate surface area is 129 Å². The lowest BCUT2D eigenvalue weighted by Gasteiger charge is -2.32. The van der Waals surface area contributed by atoms with Gasteiger partial charge in [-0.1, -0.05) is 24.1 Å². The molecule has 3 rings (SSSR count). The number of piperidine rings is 1. The van der Waals surface area contributed by atoms with Gasteiger partial charge in [0.25, 0.3) is 5.56 Å². The predicted molar refractivity (Wildman–Crippen MR) is 85.9 cm³/mol. The van der Waals surface area contributed by atoms with Crippen molar-refractivity contribution in [2.75, 3.05) is 13.6 Å². The van der Waals surface area contributed by atoms with Gasteiger partial charge >= 0.3 is 0 Å². The fourth-order valence-electron chi connectivity index (χ4n) is 3.11. The van der Waals surface area contributed by atoms with Crippen molar-refractivity contribution in [2.45, 2.75) is 38.3 Å². The first-order valence-electron chi connectivity index (χ1n) is 7.51. The molecular weight excluding hydrogens is 286 g/mol. The van der Waals surface area contributed by atoms with Crippen LogP contribution in [0.1, 0.15) is 25.7 Å². The fourth-order valence-corrected chi connectivity index (χ4v) is 3.33. The molecule has 1 atom stereocenters. The Hall–Kier alpha value is -1.39. The maximum atomic E-state index is 12.5. The van der Waals surface area contributed by atoms with Gasteiger partial charge in [-0.25, -0.2) is 4.98 Å². The Bertz CT molecular complexity index is 697. The molecule has 0 spiro atoms. The van der Waals surface area contributed by atoms with Crippen molar-refractivity contribution < 1.29 is 0 Å². The van der Waals surface area contributed by atoms with Crippen molar-refractivity contribution in [3.8, 4) is 0 Å². The summed E-state index contributed by atoms with van der Waals surface area (Å²) in [6.45, 7) is 1.87. The van der Waals surface area contributed by atoms with E-state index in [1.54, 1.807) is 29.1 Å². The van der Waals surface area contributed by atoms with Crippen LogP contribution in [-0.4, -0.2) is 34.1 Å². The average molecular weight is 306 g/mol. The molecule has 0 aliphatic carbocycles. The maximum absolute atomic E-state index is 12.5. The number of nitrogens with zero attached hydrogens (tertiary/aromatic N) is 3. The summed E-state index contributed by atoms with van der Waals surface area (Å²) in [7, 11) is 2.17. The summed E-state index contributed by atoms with van der Waals surface area (Å²) in [6.07, 6.45) is 6.40. The zero-order valence-corrected chi connectivity index (χ0v) is 13.0. The number of rotatable bonds is 3. The summed E-state index contributed by atoms with van der Waals surface area (Å²) in [5, 5.41) is 1.13. The highest BCUT2D eigenvalue weighted by atomic mass is 35.5. The van der Waals surface area contributed by atoms with Crippen LogP contribution in [0.4, 0.5) is 0 Å². The van der Waals surface area contributed by atoms with Gasteiger partial charge in [0.15, 0.2) is 0 Å². The van der Waals surface area contributed by atoms with Crippen LogP contribution in [-0.2, 0) is 6.54 Å². The summed E-state index contributed by atoms with van der Waals surface area (Å²) < 4.78 is 1.71. The number of aromatic nitrogens is 2. The van der Waals surface area contributed by atoms with Gasteiger partial charge < -0.3 is 4.90 Å². The van der Waals surface area contributed by atoms with Crippen molar-refractivity contribution in [1.29, 1.82) is 0 Å². The summed E-state index contributed by atoms with van der Waals surface area (Å²) in [6, 6.07) is 5.92. The van der Waals surface area contributed by atoms with Gasteiger partial charge in [0.05, 0.1) is 22.3 Å². The third-order valence-electron chi connectivity index (χ3n) is 4.43. The lowest BCUT2D eigenvalue weighted by molar-refractivity contribution is 0.170. The minimum absolute atomic E-state index is 0.000891. The van der Waals surface area contributed by atoms with Gasteiger partial charge in [-0.3, -0.25) is 9.36 Å². The van der Waals surface area contributed by atoms with Crippen LogP contribution in [0, 0.1) is 0 Å². The van der Waals surface area contributed by atoms with Crippen LogP contribution in [0.15, 0.2) is 29.3 Å². The molecule has 5 heteroatoms. The van der Waals surface area contributed by atoms with Gasteiger partial charge in [0, 0.05) is 12.6 Å². The van der Waals surface area contributed by atoms with Gasteiger partial charge in [0.1, 0.15) is 0 Å². The van der Waals surface area contributed by atoms with Gasteiger partial charge in [0.2, 0.25) is 0 Å². The Balaban J connectivity index is 1.81. The highest BCUT2D eigenvalue weighted by molar-refractivity contribution is 6.34. The molecule has 0 N–H and O–H groups in total. The Morgan fingerprint density at radius 1 is 1.38 bits per heavy atom. The van der Waals surface area contributed by atoms with E-state index in [-0.39, 0.29) is 5.56 Å². The molecule has 1 fully saturated rings. The van der Waals surface area contributed by atoms with E-state index in [0.29, 0.717) is 28.5 Å². The number of hydrogen-bond donors (Lipinski definition) is 0. The third-order valence-corrected chi connectivity index (χ3v) is 4.73. The van der Waals surface area contributed by atoms with E-state index in [2.05, 4.69) is 16.9 Å². The fraction of sp³-hybridized carbons (Fsp3) is 0.500. The van der Waals surface area contributed by atoms with Crippen LogP contribution in [0.2, 0.25) is 5.02 Å². The zero-order chi connectivity index (χ0) is 14.8. The van der Waals surface area contributed by atoms with Gasteiger partial charge in [-0.15, -0.1) is 0 Å². The second-order valence-electron chi connectivity index (χ2n) is 5.80. The topological polar surface area (TPSA) is 38.1 Å². The molecule has 1 aliphatic rings. The van der Waals surface area contributed by atoms with Gasteiger partial charge in [-0.05, 0) is 45.0 Å². The molecule has 1 aliphatic heterocycles. The molecule has 2 aromatic rings.